The molecule has 0 amide bonds. The summed E-state index contributed by atoms with van der Waals surface area (Å²) < 4.78 is 72.2. The fourth-order valence-electron chi connectivity index (χ4n) is 7.90. The number of aliphatic hydroxyl groups is 1. The molecule has 2 aromatic rings. The van der Waals surface area contributed by atoms with Crippen molar-refractivity contribution in [2.75, 3.05) is 18.0 Å². The second-order valence-electron chi connectivity index (χ2n) is 15.5. The number of unbranched alkanes of at least 4 members (excludes halogenated alkanes) is 4. The Kier molecular flexibility index (Phi) is 12.3. The number of aliphatic hydroxyl groups excluding tert-OH is 1. The van der Waals surface area contributed by atoms with E-state index in [9.17, 15) is 51.2 Å². The first-order chi connectivity index (χ1) is 27.0. The predicted octanol–water partition coefficient (Wildman–Crippen LogP) is 6.28. The van der Waals surface area contributed by atoms with Gasteiger partial charge in [0.1, 0.15) is 40.1 Å². The smallest absolute Gasteiger partial charge is 0.303 e. The van der Waals surface area contributed by atoms with Gasteiger partial charge in [0.15, 0.2) is 5.71 Å². The minimum atomic E-state index is -4.82. The molecule has 2 aromatic carbocycles. The highest BCUT2D eigenvalue weighted by molar-refractivity contribution is 7.86. The minimum absolute atomic E-state index is 0.0143. The maximum absolute atomic E-state index is 12.2. The van der Waals surface area contributed by atoms with Gasteiger partial charge in [-0.3, -0.25) is 14.1 Å². The maximum atomic E-state index is 12.2. The highest BCUT2D eigenvalue weighted by atomic mass is 32.2. The quantitative estimate of drug-likeness (QED) is 0.0628. The first kappa shape index (κ1) is 43.5. The summed E-state index contributed by atoms with van der Waals surface area (Å²) in [4.78, 5) is 23.4. The second-order valence-corrected chi connectivity index (χ2v) is 18.3. The highest BCUT2D eigenvalue weighted by Crippen LogP contribution is 2.52. The molecule has 0 bridgehead atoms. The Hall–Kier alpha value is -5.59. The number of rotatable bonds is 16. The average Bonchev–Trinajstić information content (AvgIpc) is 3.48. The number of nitriles is 2. The lowest BCUT2D eigenvalue weighted by atomic mass is 9.74. The van der Waals surface area contributed by atoms with Crippen LogP contribution in [0.3, 0.4) is 0 Å². The molecule has 15 nitrogen and oxygen atoms in total. The fraction of sp³-hybridized carbons (Fsp3) is 0.390. The normalized spacial score (nSPS) is 18.2. The molecule has 0 saturated heterocycles. The van der Waals surface area contributed by atoms with Crippen molar-refractivity contribution in [1.82, 2.24) is 0 Å². The van der Waals surface area contributed by atoms with E-state index < -0.39 is 47.9 Å². The van der Waals surface area contributed by atoms with Crippen molar-refractivity contribution in [3.63, 3.8) is 0 Å². The Labute approximate surface area is 337 Å². The number of benzene rings is 2. The number of allylic oxidation sites excluding steroid dienone is 6. The van der Waals surface area contributed by atoms with Crippen LogP contribution in [0.2, 0.25) is 0 Å². The van der Waals surface area contributed by atoms with Gasteiger partial charge in [-0.15, -0.1) is 0 Å². The van der Waals surface area contributed by atoms with Crippen molar-refractivity contribution in [3.8, 4) is 12.1 Å². The lowest BCUT2D eigenvalue weighted by Gasteiger charge is -2.31. The average molecular weight is 833 g/mol. The number of carbonyl (C=O) groups is 2. The number of carboxylic acid groups (broad SMARTS) is 2. The molecule has 0 aromatic heterocycles. The van der Waals surface area contributed by atoms with E-state index in [1.165, 1.54) is 30.3 Å². The third-order valence-electron chi connectivity index (χ3n) is 10.9. The molecule has 17 heteroatoms. The van der Waals surface area contributed by atoms with E-state index in [1.54, 1.807) is 32.1 Å². The van der Waals surface area contributed by atoms with Gasteiger partial charge >= 0.3 is 11.9 Å². The molecule has 0 saturated carbocycles. The molecule has 2 aliphatic heterocycles. The third-order valence-corrected chi connectivity index (χ3v) is 12.6. The fourth-order valence-corrected chi connectivity index (χ4v) is 8.90. The number of aliphatic carboxylic acids is 2. The maximum Gasteiger partial charge on any atom is 0.303 e. The lowest BCUT2D eigenvalue weighted by molar-refractivity contribution is -0.438. The van der Waals surface area contributed by atoms with E-state index in [1.807, 2.05) is 35.5 Å². The van der Waals surface area contributed by atoms with Crippen LogP contribution in [-0.2, 0) is 40.7 Å². The number of anilines is 1. The van der Waals surface area contributed by atoms with Crippen molar-refractivity contribution in [3.05, 3.63) is 93.4 Å². The van der Waals surface area contributed by atoms with Crippen LogP contribution >= 0.6 is 0 Å². The summed E-state index contributed by atoms with van der Waals surface area (Å²) in [5.41, 5.74) is 1.57. The highest BCUT2D eigenvalue weighted by Gasteiger charge is 2.47. The summed E-state index contributed by atoms with van der Waals surface area (Å²) in [6.45, 7) is 7.96. The molecule has 3 aliphatic rings. The lowest BCUT2D eigenvalue weighted by Crippen LogP contribution is -2.30. The van der Waals surface area contributed by atoms with Crippen LogP contribution in [0.25, 0.3) is 0 Å². The van der Waals surface area contributed by atoms with E-state index in [2.05, 4.69) is 0 Å². The molecule has 0 atom stereocenters. The van der Waals surface area contributed by atoms with Crippen LogP contribution in [0.1, 0.15) is 90.2 Å². The molecule has 0 unspecified atom stereocenters. The Balaban J connectivity index is 1.67. The van der Waals surface area contributed by atoms with Crippen LogP contribution < -0.4 is 4.90 Å². The zero-order valence-corrected chi connectivity index (χ0v) is 34.1. The van der Waals surface area contributed by atoms with Gasteiger partial charge in [0.25, 0.3) is 10.1 Å². The SMILES string of the molecule is CC1(C)C(/C=C2C(O)=C(/C=C3/N(CCCCCC(=O)O)c4ccc(S(=O)(=O)O)cc4C3(C)C)C\2=C(C#N)C#N)=[N+](CCCCCC(=O)O)c2ccc(S(=O)(=O)[O-])cc21. The molecule has 2 heterocycles. The van der Waals surface area contributed by atoms with E-state index in [0.29, 0.717) is 85.5 Å². The van der Waals surface area contributed by atoms with Crippen molar-refractivity contribution in [1.29, 1.82) is 10.5 Å². The van der Waals surface area contributed by atoms with Crippen LogP contribution in [0, 0.1) is 22.7 Å². The Morgan fingerprint density at radius 1 is 0.828 bits per heavy atom. The largest absolute Gasteiger partial charge is 0.744 e. The van der Waals surface area contributed by atoms with E-state index in [4.69, 9.17) is 10.2 Å². The van der Waals surface area contributed by atoms with Crippen molar-refractivity contribution in [2.45, 2.75) is 99.7 Å². The number of hydrogen-bond acceptors (Lipinski definition) is 11. The van der Waals surface area contributed by atoms with Gasteiger partial charge in [-0.05, 0) is 81.5 Å². The van der Waals surface area contributed by atoms with Crippen LogP contribution in [0.4, 0.5) is 11.4 Å². The van der Waals surface area contributed by atoms with Gasteiger partial charge in [-0.2, -0.15) is 23.5 Å². The van der Waals surface area contributed by atoms with Crippen LogP contribution in [0.5, 0.6) is 0 Å². The monoisotopic (exact) mass is 832 g/mol. The van der Waals surface area contributed by atoms with E-state index in [0.717, 1.165) is 0 Å². The topological polar surface area (TPSA) is 260 Å². The standard InChI is InChI=1S/C41H44N4O11S2/c1-40(2)30-19-26(57(51,52)53)13-15-32(30)44(17-9-5-7-11-36(46)47)34(40)21-28-38(25(23-42)24-43)29(39(28)50)22-35-41(3,4)31-20-27(58(54,55)56)14-16-33(31)45(35)18-10-6-8-12-37(48)49/h13-16,19-22H,5-12,17-18H2,1-4H3,(H4-,46,47,48,49,50,51,52,53,54,55,56). The summed E-state index contributed by atoms with van der Waals surface area (Å²) in [6.07, 6.45) is 6.24. The van der Waals surface area contributed by atoms with Gasteiger partial charge < -0.3 is 24.8 Å². The predicted molar refractivity (Wildman–Crippen MR) is 210 cm³/mol. The van der Waals surface area contributed by atoms with Crippen LogP contribution in [0.15, 0.2) is 92.1 Å². The van der Waals surface area contributed by atoms with Crippen molar-refractivity contribution < 1.29 is 55.4 Å². The molecule has 58 heavy (non-hydrogen) atoms. The van der Waals surface area contributed by atoms with Crippen molar-refractivity contribution in [2.24, 2.45) is 0 Å². The summed E-state index contributed by atoms with van der Waals surface area (Å²) in [7, 11) is -9.40. The van der Waals surface area contributed by atoms with E-state index in [-0.39, 0.29) is 45.8 Å². The molecule has 5 rings (SSSR count). The Bertz CT molecular complexity index is 2550. The van der Waals surface area contributed by atoms with Gasteiger partial charge in [-0.1, -0.05) is 20.3 Å². The molecular weight excluding hydrogens is 789 g/mol. The Morgan fingerprint density at radius 3 is 1.98 bits per heavy atom. The van der Waals surface area contributed by atoms with Gasteiger partial charge in [0.05, 0.1) is 15.2 Å². The summed E-state index contributed by atoms with van der Waals surface area (Å²) in [5, 5.41) is 50.4. The van der Waals surface area contributed by atoms with E-state index >= 15 is 0 Å². The molecule has 306 valence electrons. The van der Waals surface area contributed by atoms with Gasteiger partial charge in [-0.25, -0.2) is 8.42 Å². The van der Waals surface area contributed by atoms with Crippen molar-refractivity contribution >= 4 is 49.3 Å². The molecular formula is C41H44N4O11S2. The van der Waals surface area contributed by atoms with Crippen LogP contribution in [-0.4, -0.2) is 76.6 Å². The molecule has 4 N–H and O–H groups in total. The number of carboxylic acids is 2. The number of fused-ring (bicyclic) bond motifs is 2. The zero-order chi connectivity index (χ0) is 43.0. The number of hydrogen-bond donors (Lipinski definition) is 4. The summed E-state index contributed by atoms with van der Waals surface area (Å²) in [6, 6.07) is 12.1. The zero-order valence-electron chi connectivity index (χ0n) is 32.4. The summed E-state index contributed by atoms with van der Waals surface area (Å²) >= 11 is 0. The molecule has 0 fully saturated rings. The van der Waals surface area contributed by atoms with Gasteiger partial charge in [0, 0.05) is 77.0 Å². The third kappa shape index (κ3) is 8.49. The number of nitrogens with zero attached hydrogens (tertiary/aromatic N) is 4. The summed E-state index contributed by atoms with van der Waals surface area (Å²) in [5.74, 6) is -2.11. The molecule has 0 spiro atoms. The second kappa shape index (κ2) is 16.3. The first-order valence-corrected chi connectivity index (χ1v) is 21.4. The first-order valence-electron chi connectivity index (χ1n) is 18.6. The van der Waals surface area contributed by atoms with Gasteiger partial charge in [0.2, 0.25) is 5.69 Å². The Morgan fingerprint density at radius 2 is 1.41 bits per heavy atom. The molecule has 1 aliphatic carbocycles. The minimum Gasteiger partial charge on any atom is -0.744 e. The molecule has 0 radical (unpaired) electrons.